The summed E-state index contributed by atoms with van der Waals surface area (Å²) in [5.74, 6) is 1.75. The first kappa shape index (κ1) is 12.8. The van der Waals surface area contributed by atoms with Crippen LogP contribution in [0.1, 0.15) is 18.1 Å². The minimum absolute atomic E-state index is 0.0259. The van der Waals surface area contributed by atoms with E-state index < -0.39 is 0 Å². The third-order valence-electron chi connectivity index (χ3n) is 4.54. The molecular formula is C15H22N2O2. The number of nitrogens with zero attached hydrogens (tertiary/aromatic N) is 2. The van der Waals surface area contributed by atoms with Gasteiger partial charge in [-0.15, -0.1) is 0 Å². The van der Waals surface area contributed by atoms with Crippen molar-refractivity contribution in [3.63, 3.8) is 0 Å². The largest absolute Gasteiger partial charge is 0.454 e. The van der Waals surface area contributed by atoms with Gasteiger partial charge in [0.15, 0.2) is 11.5 Å². The van der Waals surface area contributed by atoms with Gasteiger partial charge in [-0.3, -0.25) is 4.90 Å². The number of hydrogen-bond donors (Lipinski definition) is 0. The molecule has 1 fully saturated rings. The lowest BCUT2D eigenvalue weighted by molar-refractivity contribution is 0.0374. The standard InChI is InChI=1S/C15H22N2O2/c1-11-7-13-14(19-10-18-13)8-12(11)15(2)9-16(3)5-6-17(15)4/h7-8H,5-6,9-10H2,1-4H3. The van der Waals surface area contributed by atoms with E-state index in [4.69, 9.17) is 9.47 Å². The second-order valence-corrected chi connectivity index (χ2v) is 5.95. The van der Waals surface area contributed by atoms with E-state index in [1.165, 1.54) is 11.1 Å². The van der Waals surface area contributed by atoms with Crippen molar-refractivity contribution >= 4 is 0 Å². The number of hydrogen-bond acceptors (Lipinski definition) is 4. The summed E-state index contributed by atoms with van der Waals surface area (Å²) in [5, 5.41) is 0. The molecule has 104 valence electrons. The highest BCUT2D eigenvalue weighted by atomic mass is 16.7. The van der Waals surface area contributed by atoms with Crippen molar-refractivity contribution in [1.82, 2.24) is 9.80 Å². The average Bonchev–Trinajstić information content (AvgIpc) is 2.80. The molecule has 0 bridgehead atoms. The lowest BCUT2D eigenvalue weighted by Crippen LogP contribution is -2.56. The number of ether oxygens (including phenoxy) is 2. The smallest absolute Gasteiger partial charge is 0.231 e. The van der Waals surface area contributed by atoms with Gasteiger partial charge in [-0.05, 0) is 51.2 Å². The fraction of sp³-hybridized carbons (Fsp3) is 0.600. The SMILES string of the molecule is Cc1cc2c(cc1C1(C)CN(C)CCN1C)OCO2. The van der Waals surface area contributed by atoms with Crippen LogP contribution >= 0.6 is 0 Å². The molecule has 0 saturated carbocycles. The zero-order valence-electron chi connectivity index (χ0n) is 12.2. The molecule has 2 aliphatic rings. The van der Waals surface area contributed by atoms with E-state index in [1.807, 2.05) is 0 Å². The third kappa shape index (κ3) is 1.99. The number of rotatable bonds is 1. The normalized spacial score (nSPS) is 27.8. The Morgan fingerprint density at radius 1 is 1.11 bits per heavy atom. The molecular weight excluding hydrogens is 240 g/mol. The van der Waals surface area contributed by atoms with E-state index in [0.29, 0.717) is 6.79 Å². The lowest BCUT2D eigenvalue weighted by atomic mass is 9.85. The number of benzene rings is 1. The van der Waals surface area contributed by atoms with Gasteiger partial charge in [0.1, 0.15) is 0 Å². The Hall–Kier alpha value is -1.26. The summed E-state index contributed by atoms with van der Waals surface area (Å²) in [7, 11) is 4.39. The second kappa shape index (κ2) is 4.39. The number of aryl methyl sites for hydroxylation is 1. The predicted molar refractivity (Wildman–Crippen MR) is 74.8 cm³/mol. The summed E-state index contributed by atoms with van der Waals surface area (Å²) in [6.45, 7) is 8.05. The molecule has 0 spiro atoms. The van der Waals surface area contributed by atoms with Crippen LogP contribution < -0.4 is 9.47 Å². The zero-order valence-corrected chi connectivity index (χ0v) is 12.2. The van der Waals surface area contributed by atoms with Crippen molar-refractivity contribution in [3.05, 3.63) is 23.3 Å². The van der Waals surface area contributed by atoms with Crippen LogP contribution in [0, 0.1) is 6.92 Å². The minimum atomic E-state index is 0.0259. The summed E-state index contributed by atoms with van der Waals surface area (Å²) in [5.41, 5.74) is 2.64. The lowest BCUT2D eigenvalue weighted by Gasteiger charge is -2.47. The van der Waals surface area contributed by atoms with Crippen LogP contribution in [0.3, 0.4) is 0 Å². The van der Waals surface area contributed by atoms with Crippen molar-refractivity contribution in [3.8, 4) is 11.5 Å². The molecule has 2 heterocycles. The van der Waals surface area contributed by atoms with E-state index in [2.05, 4.69) is 49.9 Å². The van der Waals surface area contributed by atoms with Crippen LogP contribution in [0.5, 0.6) is 11.5 Å². The van der Waals surface area contributed by atoms with Gasteiger partial charge in [-0.1, -0.05) is 0 Å². The molecule has 1 aromatic rings. The molecule has 4 nitrogen and oxygen atoms in total. The summed E-state index contributed by atoms with van der Waals surface area (Å²) >= 11 is 0. The molecule has 0 aliphatic carbocycles. The van der Waals surface area contributed by atoms with Crippen LogP contribution in [0.2, 0.25) is 0 Å². The molecule has 2 aliphatic heterocycles. The molecule has 1 unspecified atom stereocenters. The summed E-state index contributed by atoms with van der Waals surface area (Å²) < 4.78 is 11.0. The maximum absolute atomic E-state index is 5.54. The fourth-order valence-electron chi connectivity index (χ4n) is 3.21. The van der Waals surface area contributed by atoms with Gasteiger partial charge in [-0.2, -0.15) is 0 Å². The van der Waals surface area contributed by atoms with E-state index in [0.717, 1.165) is 31.1 Å². The number of fused-ring (bicyclic) bond motifs is 1. The van der Waals surface area contributed by atoms with Crippen LogP contribution in [-0.4, -0.2) is 50.3 Å². The molecule has 3 rings (SSSR count). The molecule has 0 radical (unpaired) electrons. The Labute approximate surface area is 114 Å². The molecule has 1 aromatic carbocycles. The average molecular weight is 262 g/mol. The van der Waals surface area contributed by atoms with E-state index in [1.54, 1.807) is 0 Å². The van der Waals surface area contributed by atoms with Crippen LogP contribution in [0.4, 0.5) is 0 Å². The summed E-state index contributed by atoms with van der Waals surface area (Å²) in [6, 6.07) is 4.26. The van der Waals surface area contributed by atoms with Crippen LogP contribution in [0.15, 0.2) is 12.1 Å². The number of piperazine rings is 1. The highest BCUT2D eigenvalue weighted by molar-refractivity contribution is 5.50. The highest BCUT2D eigenvalue weighted by Gasteiger charge is 2.38. The van der Waals surface area contributed by atoms with Crippen LogP contribution in [-0.2, 0) is 5.54 Å². The van der Waals surface area contributed by atoms with E-state index in [9.17, 15) is 0 Å². The topological polar surface area (TPSA) is 24.9 Å². The Kier molecular flexibility index (Phi) is 2.95. The predicted octanol–water partition coefficient (Wildman–Crippen LogP) is 1.82. The van der Waals surface area contributed by atoms with Crippen molar-refractivity contribution in [2.75, 3.05) is 40.5 Å². The monoisotopic (exact) mass is 262 g/mol. The van der Waals surface area contributed by atoms with Crippen molar-refractivity contribution in [1.29, 1.82) is 0 Å². The third-order valence-corrected chi connectivity index (χ3v) is 4.54. The molecule has 19 heavy (non-hydrogen) atoms. The Bertz CT molecular complexity index is 503. The molecule has 0 N–H and O–H groups in total. The van der Waals surface area contributed by atoms with Gasteiger partial charge < -0.3 is 14.4 Å². The van der Waals surface area contributed by atoms with Crippen molar-refractivity contribution < 1.29 is 9.47 Å². The molecule has 0 amide bonds. The van der Waals surface area contributed by atoms with Gasteiger partial charge in [-0.25, -0.2) is 0 Å². The minimum Gasteiger partial charge on any atom is -0.454 e. The second-order valence-electron chi connectivity index (χ2n) is 5.95. The maximum atomic E-state index is 5.54. The quantitative estimate of drug-likeness (QED) is 0.771. The molecule has 0 aromatic heterocycles. The molecule has 4 heteroatoms. The van der Waals surface area contributed by atoms with E-state index in [-0.39, 0.29) is 5.54 Å². The van der Waals surface area contributed by atoms with Gasteiger partial charge in [0.05, 0.1) is 5.54 Å². The van der Waals surface area contributed by atoms with Crippen LogP contribution in [0.25, 0.3) is 0 Å². The van der Waals surface area contributed by atoms with Gasteiger partial charge >= 0.3 is 0 Å². The molecule has 1 atom stereocenters. The van der Waals surface area contributed by atoms with Gasteiger partial charge in [0, 0.05) is 19.6 Å². The summed E-state index contributed by atoms with van der Waals surface area (Å²) in [6.07, 6.45) is 0. The van der Waals surface area contributed by atoms with Gasteiger partial charge in [0.2, 0.25) is 6.79 Å². The van der Waals surface area contributed by atoms with Gasteiger partial charge in [0.25, 0.3) is 0 Å². The Morgan fingerprint density at radius 3 is 2.53 bits per heavy atom. The number of likely N-dealkylation sites (N-methyl/N-ethyl adjacent to an activating group) is 2. The fourth-order valence-corrected chi connectivity index (χ4v) is 3.21. The Morgan fingerprint density at radius 2 is 1.79 bits per heavy atom. The van der Waals surface area contributed by atoms with Crippen molar-refractivity contribution in [2.24, 2.45) is 0 Å². The Balaban J connectivity index is 2.05. The maximum Gasteiger partial charge on any atom is 0.231 e. The first-order valence-electron chi connectivity index (χ1n) is 6.81. The first-order chi connectivity index (χ1) is 9.00. The zero-order chi connectivity index (χ0) is 13.6. The highest BCUT2D eigenvalue weighted by Crippen LogP contribution is 2.40. The summed E-state index contributed by atoms with van der Waals surface area (Å²) in [4.78, 5) is 4.83. The van der Waals surface area contributed by atoms with Crippen molar-refractivity contribution in [2.45, 2.75) is 19.4 Å². The molecule has 1 saturated heterocycles. The first-order valence-corrected chi connectivity index (χ1v) is 6.81. The van der Waals surface area contributed by atoms with E-state index >= 15 is 0 Å².